The molecule has 7 heteroatoms. The third-order valence-electron chi connectivity index (χ3n) is 3.19. The van der Waals surface area contributed by atoms with Gasteiger partial charge in [0.15, 0.2) is 0 Å². The van der Waals surface area contributed by atoms with Gasteiger partial charge in [-0.25, -0.2) is 4.21 Å². The molecule has 0 amide bonds. The van der Waals surface area contributed by atoms with E-state index < -0.39 is 18.4 Å². The van der Waals surface area contributed by atoms with E-state index in [0.29, 0.717) is 16.7 Å². The van der Waals surface area contributed by atoms with E-state index in [0.717, 1.165) is 5.56 Å². The van der Waals surface area contributed by atoms with Gasteiger partial charge in [0, 0.05) is 0 Å². The Bertz CT molecular complexity index is 636. The summed E-state index contributed by atoms with van der Waals surface area (Å²) in [5.74, 6) is 0. The van der Waals surface area contributed by atoms with Crippen molar-refractivity contribution in [3.05, 3.63) is 59.7 Å². The first kappa shape index (κ1) is 15.7. The van der Waals surface area contributed by atoms with Crippen molar-refractivity contribution < 1.29 is 18.8 Å². The molecule has 110 valence electrons. The van der Waals surface area contributed by atoms with Crippen LogP contribution in [0.4, 0.5) is 5.69 Å². The number of hydrogen-bond acceptors (Lipinski definition) is 3. The van der Waals surface area contributed by atoms with Crippen LogP contribution in [0, 0.1) is 6.92 Å². The lowest BCUT2D eigenvalue weighted by molar-refractivity contribution is 0.425. The molecule has 2 aromatic rings. The van der Waals surface area contributed by atoms with E-state index in [1.807, 2.05) is 30.3 Å². The molecule has 0 radical (unpaired) electrons. The van der Waals surface area contributed by atoms with Crippen LogP contribution in [0.1, 0.15) is 11.1 Å². The normalized spacial score (nSPS) is 12.0. The molecule has 0 spiro atoms. The van der Waals surface area contributed by atoms with Gasteiger partial charge in [0.05, 0.1) is 12.2 Å². The minimum absolute atomic E-state index is 0.244. The van der Waals surface area contributed by atoms with E-state index in [1.54, 1.807) is 19.1 Å². The molecule has 1 unspecified atom stereocenters. The summed E-state index contributed by atoms with van der Waals surface area (Å²) in [4.78, 5) is 0. The quantitative estimate of drug-likeness (QED) is 0.564. The fourth-order valence-corrected chi connectivity index (χ4v) is 2.60. The number of anilines is 1. The summed E-state index contributed by atoms with van der Waals surface area (Å²) in [7, 11) is -1.62. The summed E-state index contributed by atoms with van der Waals surface area (Å²) in [6.07, 6.45) is 0. The van der Waals surface area contributed by atoms with Gasteiger partial charge in [-0.15, -0.1) is 0 Å². The molecular formula is C14H16BNO4S. The summed E-state index contributed by atoms with van der Waals surface area (Å²) >= 11 is -2.21. The minimum atomic E-state index is -2.21. The summed E-state index contributed by atoms with van der Waals surface area (Å²) in [6.45, 7) is 1.99. The molecule has 0 aliphatic carbocycles. The Balaban J connectivity index is 2.35. The highest BCUT2D eigenvalue weighted by Gasteiger charge is 2.19. The Labute approximate surface area is 126 Å². The van der Waals surface area contributed by atoms with Gasteiger partial charge in [-0.3, -0.25) is 8.86 Å². The maximum absolute atomic E-state index is 11.6. The molecule has 0 saturated carbocycles. The number of aryl methyl sites for hydroxylation is 1. The van der Waals surface area contributed by atoms with Crippen molar-refractivity contribution in [3.63, 3.8) is 0 Å². The topological polar surface area (TPSA) is 81.0 Å². The van der Waals surface area contributed by atoms with Crippen molar-refractivity contribution in [1.82, 2.24) is 0 Å². The molecular weight excluding hydrogens is 289 g/mol. The lowest BCUT2D eigenvalue weighted by Gasteiger charge is -2.21. The third-order valence-corrected chi connectivity index (χ3v) is 3.90. The van der Waals surface area contributed by atoms with Crippen molar-refractivity contribution in [2.75, 3.05) is 4.31 Å². The van der Waals surface area contributed by atoms with Crippen LogP contribution in [0.25, 0.3) is 0 Å². The van der Waals surface area contributed by atoms with Crippen LogP contribution in [0.3, 0.4) is 0 Å². The molecule has 0 aliphatic rings. The largest absolute Gasteiger partial charge is 0.488 e. The van der Waals surface area contributed by atoms with Crippen LogP contribution in [0.5, 0.6) is 0 Å². The SMILES string of the molecule is Cc1ccc(N(Cc2ccccc2)S(=O)O)cc1B(O)O. The second kappa shape index (κ2) is 6.86. The zero-order chi connectivity index (χ0) is 15.4. The standard InChI is InChI=1S/C14H16BNO4S/c1-11-7-8-13(9-14(11)15(17)18)16(21(19)20)10-12-5-3-2-4-6-12/h2-9,17-18H,10H2,1H3,(H,19,20). The van der Waals surface area contributed by atoms with Crippen molar-refractivity contribution in [1.29, 1.82) is 0 Å². The van der Waals surface area contributed by atoms with Crippen LogP contribution < -0.4 is 9.77 Å². The molecule has 0 fully saturated rings. The molecule has 5 nitrogen and oxygen atoms in total. The Hall–Kier alpha value is -1.67. The molecule has 0 aliphatic heterocycles. The summed E-state index contributed by atoms with van der Waals surface area (Å²) < 4.78 is 22.4. The first-order valence-corrected chi connectivity index (χ1v) is 7.44. The Morgan fingerprint density at radius 2 is 1.81 bits per heavy atom. The number of nitrogens with zero attached hydrogens (tertiary/aromatic N) is 1. The smallest absolute Gasteiger partial charge is 0.423 e. The van der Waals surface area contributed by atoms with Crippen molar-refractivity contribution in [2.45, 2.75) is 13.5 Å². The van der Waals surface area contributed by atoms with Crippen LogP contribution in [-0.4, -0.2) is 25.9 Å². The van der Waals surface area contributed by atoms with Gasteiger partial charge in [-0.1, -0.05) is 42.0 Å². The second-order valence-corrected chi connectivity index (χ2v) is 5.57. The van der Waals surface area contributed by atoms with Crippen LogP contribution in [-0.2, 0) is 17.8 Å². The highest BCUT2D eigenvalue weighted by molar-refractivity contribution is 7.80. The zero-order valence-corrected chi connectivity index (χ0v) is 12.3. The van der Waals surface area contributed by atoms with Gasteiger partial charge in [0.2, 0.25) is 0 Å². The maximum atomic E-state index is 11.6. The predicted octanol–water partition coefficient (Wildman–Crippen LogP) is 0.818. The summed E-state index contributed by atoms with van der Waals surface area (Å²) in [6, 6.07) is 14.2. The average Bonchev–Trinajstić information content (AvgIpc) is 2.46. The predicted molar refractivity (Wildman–Crippen MR) is 84.4 cm³/mol. The Morgan fingerprint density at radius 3 is 2.38 bits per heavy atom. The van der Waals surface area contributed by atoms with Gasteiger partial charge >= 0.3 is 7.12 Å². The molecule has 0 bridgehead atoms. The van der Waals surface area contributed by atoms with Gasteiger partial charge in [0.25, 0.3) is 11.3 Å². The van der Waals surface area contributed by atoms with Crippen LogP contribution in [0.15, 0.2) is 48.5 Å². The number of hydrogen-bond donors (Lipinski definition) is 3. The zero-order valence-electron chi connectivity index (χ0n) is 11.5. The molecule has 0 heterocycles. The van der Waals surface area contributed by atoms with Crippen molar-refractivity contribution in [2.24, 2.45) is 0 Å². The molecule has 2 rings (SSSR count). The second-order valence-electron chi connectivity index (χ2n) is 4.67. The number of benzene rings is 2. The van der Waals surface area contributed by atoms with Gasteiger partial charge < -0.3 is 10.0 Å². The van der Waals surface area contributed by atoms with E-state index in [4.69, 9.17) is 0 Å². The lowest BCUT2D eigenvalue weighted by Crippen LogP contribution is -2.34. The highest BCUT2D eigenvalue weighted by atomic mass is 32.2. The first-order chi connectivity index (χ1) is 9.99. The van der Waals surface area contributed by atoms with Crippen molar-refractivity contribution in [3.8, 4) is 0 Å². The Kier molecular flexibility index (Phi) is 5.14. The van der Waals surface area contributed by atoms with Crippen molar-refractivity contribution >= 4 is 29.5 Å². The first-order valence-electron chi connectivity index (χ1n) is 6.38. The third kappa shape index (κ3) is 3.92. The van der Waals surface area contributed by atoms with E-state index in [2.05, 4.69) is 0 Å². The summed E-state index contributed by atoms with van der Waals surface area (Å²) in [5, 5.41) is 18.7. The van der Waals surface area contributed by atoms with E-state index in [-0.39, 0.29) is 6.54 Å². The Morgan fingerprint density at radius 1 is 1.14 bits per heavy atom. The molecule has 2 aromatic carbocycles. The van der Waals surface area contributed by atoms with Gasteiger partial charge in [-0.2, -0.15) is 0 Å². The minimum Gasteiger partial charge on any atom is -0.423 e. The fourth-order valence-electron chi connectivity index (χ4n) is 2.05. The molecule has 21 heavy (non-hydrogen) atoms. The van der Waals surface area contributed by atoms with E-state index in [1.165, 1.54) is 10.4 Å². The van der Waals surface area contributed by atoms with E-state index in [9.17, 15) is 18.8 Å². The number of rotatable bonds is 5. The average molecular weight is 305 g/mol. The summed E-state index contributed by atoms with van der Waals surface area (Å²) in [5.41, 5.74) is 2.35. The lowest BCUT2D eigenvalue weighted by atomic mass is 9.77. The molecule has 0 aromatic heterocycles. The maximum Gasteiger partial charge on any atom is 0.488 e. The van der Waals surface area contributed by atoms with Crippen LogP contribution in [0.2, 0.25) is 0 Å². The van der Waals surface area contributed by atoms with Crippen LogP contribution >= 0.6 is 0 Å². The van der Waals surface area contributed by atoms with E-state index >= 15 is 0 Å². The molecule has 0 saturated heterocycles. The molecule has 3 N–H and O–H groups in total. The van der Waals surface area contributed by atoms with Gasteiger partial charge in [-0.05, 0) is 30.1 Å². The van der Waals surface area contributed by atoms with Gasteiger partial charge in [0.1, 0.15) is 0 Å². The monoisotopic (exact) mass is 305 g/mol. The molecule has 1 atom stereocenters. The highest BCUT2D eigenvalue weighted by Crippen LogP contribution is 2.18. The fraction of sp³-hybridized carbons (Fsp3) is 0.143.